The van der Waals surface area contributed by atoms with Crippen LogP contribution in [0.3, 0.4) is 0 Å². The van der Waals surface area contributed by atoms with Crippen LogP contribution >= 0.6 is 0 Å². The molecule has 1 unspecified atom stereocenters. The normalized spacial score (nSPS) is 11.7. The molecule has 0 aromatic heterocycles. The molecule has 0 bridgehead atoms. The summed E-state index contributed by atoms with van der Waals surface area (Å²) >= 11 is 0. The Labute approximate surface area is 112 Å². The lowest BCUT2D eigenvalue weighted by Gasteiger charge is -2.19. The summed E-state index contributed by atoms with van der Waals surface area (Å²) in [5.74, 6) is -1.81. The van der Waals surface area contributed by atoms with E-state index in [1.807, 2.05) is 31.2 Å². The van der Waals surface area contributed by atoms with E-state index in [9.17, 15) is 9.59 Å². The molecule has 5 heteroatoms. The number of likely N-dealkylation sites (N-methyl/N-ethyl adjacent to an activating group) is 1. The van der Waals surface area contributed by atoms with Crippen LogP contribution in [0.15, 0.2) is 24.3 Å². The number of aliphatic carboxylic acids is 1. The van der Waals surface area contributed by atoms with Gasteiger partial charge in [0.25, 0.3) is 0 Å². The molecule has 0 radical (unpaired) electrons. The van der Waals surface area contributed by atoms with Crippen molar-refractivity contribution in [3.63, 3.8) is 0 Å². The molecular formula is C14H19NO4. The van der Waals surface area contributed by atoms with Crippen molar-refractivity contribution in [3.05, 3.63) is 29.8 Å². The second-order valence-electron chi connectivity index (χ2n) is 4.48. The number of ether oxygens (including phenoxy) is 1. The highest BCUT2D eigenvalue weighted by Crippen LogP contribution is 2.12. The number of hydrogen-bond donors (Lipinski definition) is 1. The van der Waals surface area contributed by atoms with Gasteiger partial charge in [0, 0.05) is 7.05 Å². The first-order valence-electron chi connectivity index (χ1n) is 6.09. The van der Waals surface area contributed by atoms with E-state index in [1.165, 1.54) is 11.8 Å². The molecule has 0 fully saturated rings. The fraction of sp³-hybridized carbons (Fsp3) is 0.429. The van der Waals surface area contributed by atoms with Crippen LogP contribution < -0.4 is 4.74 Å². The van der Waals surface area contributed by atoms with Crippen molar-refractivity contribution in [2.45, 2.75) is 13.8 Å². The van der Waals surface area contributed by atoms with Gasteiger partial charge in [-0.2, -0.15) is 0 Å². The number of carboxylic acids is 1. The van der Waals surface area contributed by atoms with Crippen molar-refractivity contribution in [2.24, 2.45) is 5.92 Å². The van der Waals surface area contributed by atoms with Crippen molar-refractivity contribution in [2.75, 3.05) is 20.2 Å². The Kier molecular flexibility index (Phi) is 5.36. The van der Waals surface area contributed by atoms with E-state index in [0.717, 1.165) is 11.3 Å². The zero-order valence-electron chi connectivity index (χ0n) is 11.4. The van der Waals surface area contributed by atoms with Crippen LogP contribution in [0.25, 0.3) is 0 Å². The Morgan fingerprint density at radius 3 is 2.68 bits per heavy atom. The number of amides is 1. The number of carbonyl (C=O) groups excluding carboxylic acids is 1. The van der Waals surface area contributed by atoms with Gasteiger partial charge >= 0.3 is 5.97 Å². The van der Waals surface area contributed by atoms with Crippen LogP contribution in [0.2, 0.25) is 0 Å². The van der Waals surface area contributed by atoms with Gasteiger partial charge in [0.05, 0.1) is 6.54 Å². The van der Waals surface area contributed by atoms with Gasteiger partial charge in [-0.3, -0.25) is 9.59 Å². The Balaban J connectivity index is 2.40. The van der Waals surface area contributed by atoms with Gasteiger partial charge in [-0.1, -0.05) is 12.1 Å². The minimum Gasteiger partial charge on any atom is -0.492 e. The third-order valence-corrected chi connectivity index (χ3v) is 2.80. The number of aryl methyl sites for hydroxylation is 1. The average Bonchev–Trinajstić information content (AvgIpc) is 2.36. The molecule has 1 amide bonds. The Bertz CT molecular complexity index is 459. The quantitative estimate of drug-likeness (QED) is 0.792. The number of nitrogens with zero attached hydrogens (tertiary/aromatic N) is 1. The molecule has 0 saturated carbocycles. The van der Waals surface area contributed by atoms with Gasteiger partial charge in [-0.05, 0) is 31.5 Å². The van der Waals surface area contributed by atoms with Crippen molar-refractivity contribution in [3.8, 4) is 5.75 Å². The summed E-state index contributed by atoms with van der Waals surface area (Å²) in [5.41, 5.74) is 1.10. The lowest BCUT2D eigenvalue weighted by molar-refractivity contribution is -0.149. The molecule has 104 valence electrons. The van der Waals surface area contributed by atoms with Crippen LogP contribution in [0.5, 0.6) is 5.75 Å². The molecule has 5 nitrogen and oxygen atoms in total. The summed E-state index contributed by atoms with van der Waals surface area (Å²) in [6, 6.07) is 7.61. The smallest absolute Gasteiger partial charge is 0.315 e. The van der Waals surface area contributed by atoms with E-state index in [-0.39, 0.29) is 0 Å². The van der Waals surface area contributed by atoms with Crippen LogP contribution in [-0.2, 0) is 9.59 Å². The summed E-state index contributed by atoms with van der Waals surface area (Å²) in [5, 5.41) is 8.76. The first kappa shape index (κ1) is 15.0. The molecule has 19 heavy (non-hydrogen) atoms. The van der Waals surface area contributed by atoms with E-state index in [0.29, 0.717) is 13.2 Å². The topological polar surface area (TPSA) is 66.8 Å². The fourth-order valence-electron chi connectivity index (χ4n) is 1.55. The van der Waals surface area contributed by atoms with E-state index in [4.69, 9.17) is 9.84 Å². The lowest BCUT2D eigenvalue weighted by atomic mass is 10.1. The molecule has 0 spiro atoms. The first-order valence-corrected chi connectivity index (χ1v) is 6.09. The number of carbonyl (C=O) groups is 2. The highest BCUT2D eigenvalue weighted by atomic mass is 16.5. The van der Waals surface area contributed by atoms with Gasteiger partial charge in [-0.15, -0.1) is 0 Å². The maximum absolute atomic E-state index is 11.7. The van der Waals surface area contributed by atoms with Crippen LogP contribution in [-0.4, -0.2) is 42.1 Å². The molecule has 1 rings (SSSR count). The highest BCUT2D eigenvalue weighted by Gasteiger charge is 2.23. The Morgan fingerprint density at radius 1 is 1.42 bits per heavy atom. The molecule has 1 atom stereocenters. The highest BCUT2D eigenvalue weighted by molar-refractivity contribution is 5.96. The van der Waals surface area contributed by atoms with E-state index in [2.05, 4.69) is 0 Å². The van der Waals surface area contributed by atoms with Gasteiger partial charge in [0.2, 0.25) is 5.91 Å². The van der Waals surface area contributed by atoms with E-state index < -0.39 is 17.8 Å². The SMILES string of the molecule is Cc1cccc(OCCN(C)C(=O)C(C)C(=O)O)c1. The van der Waals surface area contributed by atoms with Crippen LogP contribution in [0.4, 0.5) is 0 Å². The minimum atomic E-state index is -1.11. The average molecular weight is 265 g/mol. The van der Waals surface area contributed by atoms with Crippen LogP contribution in [0, 0.1) is 12.8 Å². The maximum atomic E-state index is 11.7. The summed E-state index contributed by atoms with van der Waals surface area (Å²) in [7, 11) is 1.57. The molecule has 0 aliphatic carbocycles. The van der Waals surface area contributed by atoms with Crippen LogP contribution in [0.1, 0.15) is 12.5 Å². The van der Waals surface area contributed by atoms with Gasteiger partial charge in [0.1, 0.15) is 18.3 Å². The van der Waals surface area contributed by atoms with Crippen molar-refractivity contribution < 1.29 is 19.4 Å². The van der Waals surface area contributed by atoms with Crippen molar-refractivity contribution in [1.29, 1.82) is 0 Å². The van der Waals surface area contributed by atoms with E-state index >= 15 is 0 Å². The fourth-order valence-corrected chi connectivity index (χ4v) is 1.55. The third kappa shape index (κ3) is 4.62. The predicted octanol–water partition coefficient (Wildman–Crippen LogP) is 1.55. The molecule has 0 aliphatic rings. The molecule has 0 aliphatic heterocycles. The number of carboxylic acid groups (broad SMARTS) is 1. The van der Waals surface area contributed by atoms with Crippen molar-refractivity contribution in [1.82, 2.24) is 4.90 Å². The molecule has 0 saturated heterocycles. The van der Waals surface area contributed by atoms with Gasteiger partial charge in [-0.25, -0.2) is 0 Å². The number of hydrogen-bond acceptors (Lipinski definition) is 3. The summed E-state index contributed by atoms with van der Waals surface area (Å²) in [6.45, 7) is 4.03. The first-order chi connectivity index (χ1) is 8.91. The lowest BCUT2D eigenvalue weighted by Crippen LogP contribution is -2.37. The summed E-state index contributed by atoms with van der Waals surface area (Å²) in [4.78, 5) is 23.7. The monoisotopic (exact) mass is 265 g/mol. The molecule has 1 N–H and O–H groups in total. The zero-order valence-corrected chi connectivity index (χ0v) is 11.4. The van der Waals surface area contributed by atoms with Gasteiger partial charge in [0.15, 0.2) is 0 Å². The molecular weight excluding hydrogens is 246 g/mol. The molecule has 0 heterocycles. The maximum Gasteiger partial charge on any atom is 0.315 e. The number of benzene rings is 1. The van der Waals surface area contributed by atoms with E-state index in [1.54, 1.807) is 7.05 Å². The zero-order chi connectivity index (χ0) is 14.4. The predicted molar refractivity (Wildman–Crippen MR) is 71.1 cm³/mol. The molecule has 1 aromatic rings. The molecule has 1 aromatic carbocycles. The van der Waals surface area contributed by atoms with Gasteiger partial charge < -0.3 is 14.7 Å². The standard InChI is InChI=1S/C14H19NO4/c1-10-5-4-6-12(9-10)19-8-7-15(3)13(16)11(2)14(17)18/h4-6,9,11H,7-8H2,1-3H3,(H,17,18). The number of rotatable bonds is 6. The van der Waals surface area contributed by atoms with Crippen molar-refractivity contribution >= 4 is 11.9 Å². The second kappa shape index (κ2) is 6.78. The Morgan fingerprint density at radius 2 is 2.11 bits per heavy atom. The summed E-state index contributed by atoms with van der Waals surface area (Å²) < 4.78 is 5.51. The Hall–Kier alpha value is -2.04. The summed E-state index contributed by atoms with van der Waals surface area (Å²) in [6.07, 6.45) is 0. The minimum absolute atomic E-state index is 0.331. The largest absolute Gasteiger partial charge is 0.492 e. The third-order valence-electron chi connectivity index (χ3n) is 2.80. The second-order valence-corrected chi connectivity index (χ2v) is 4.48.